The Bertz CT molecular complexity index is 1350. The number of hydrogen-bond acceptors (Lipinski definition) is 4. The number of amides is 2. The van der Waals surface area contributed by atoms with Gasteiger partial charge in [-0.15, -0.1) is 0 Å². The van der Waals surface area contributed by atoms with E-state index in [4.69, 9.17) is 0 Å². The van der Waals surface area contributed by atoms with Crippen LogP contribution in [0.2, 0.25) is 0 Å². The van der Waals surface area contributed by atoms with Crippen molar-refractivity contribution in [3.63, 3.8) is 0 Å². The van der Waals surface area contributed by atoms with E-state index >= 15 is 0 Å². The molecular weight excluding hydrogens is 585 g/mol. The van der Waals surface area contributed by atoms with Crippen LogP contribution in [0.4, 0.5) is 10.1 Å². The van der Waals surface area contributed by atoms with Crippen LogP contribution in [0, 0.1) is 5.82 Å². The van der Waals surface area contributed by atoms with Crippen molar-refractivity contribution in [1.29, 1.82) is 0 Å². The van der Waals surface area contributed by atoms with E-state index in [1.807, 2.05) is 61.5 Å². The Morgan fingerprint density at radius 2 is 1.59 bits per heavy atom. The van der Waals surface area contributed by atoms with Gasteiger partial charge in [0.1, 0.15) is 18.4 Å². The third-order valence-electron chi connectivity index (χ3n) is 6.17. The normalized spacial score (nSPS) is 12.0. The molecule has 3 aromatic carbocycles. The molecule has 0 aliphatic rings. The lowest BCUT2D eigenvalue weighted by Crippen LogP contribution is -2.53. The molecular formula is C29H33BrFN3O4S. The van der Waals surface area contributed by atoms with Crippen LogP contribution in [0.15, 0.2) is 83.3 Å². The molecule has 1 N–H and O–H groups in total. The molecule has 0 aliphatic heterocycles. The second-order valence-corrected chi connectivity index (χ2v) is 12.0. The predicted molar refractivity (Wildman–Crippen MR) is 155 cm³/mol. The van der Waals surface area contributed by atoms with Crippen molar-refractivity contribution in [2.75, 3.05) is 23.7 Å². The highest BCUT2D eigenvalue weighted by Gasteiger charge is 2.33. The number of benzene rings is 3. The quantitative estimate of drug-likeness (QED) is 0.276. The number of nitrogens with one attached hydrogen (secondary N) is 1. The summed E-state index contributed by atoms with van der Waals surface area (Å²) in [4.78, 5) is 28.8. The number of carbonyl (C=O) groups excluding carboxylic acids is 2. The molecule has 0 radical (unpaired) electrons. The Labute approximate surface area is 238 Å². The molecule has 0 heterocycles. The summed E-state index contributed by atoms with van der Waals surface area (Å²) in [5.74, 6) is -1.74. The van der Waals surface area contributed by atoms with Gasteiger partial charge >= 0.3 is 0 Å². The summed E-state index contributed by atoms with van der Waals surface area (Å²) < 4.78 is 41.7. The van der Waals surface area contributed by atoms with Crippen LogP contribution < -0.4 is 9.62 Å². The van der Waals surface area contributed by atoms with Crippen LogP contribution in [-0.2, 0) is 32.6 Å². The van der Waals surface area contributed by atoms with E-state index in [0.29, 0.717) is 6.54 Å². The third-order valence-corrected chi connectivity index (χ3v) is 7.82. The van der Waals surface area contributed by atoms with Gasteiger partial charge in [0.05, 0.1) is 11.9 Å². The molecule has 7 nitrogen and oxygen atoms in total. The average Bonchev–Trinajstić information content (AvgIpc) is 2.91. The van der Waals surface area contributed by atoms with Crippen LogP contribution >= 0.6 is 15.9 Å². The fraction of sp³-hybridized carbons (Fsp3) is 0.310. The van der Waals surface area contributed by atoms with Gasteiger partial charge in [0.15, 0.2) is 0 Å². The summed E-state index contributed by atoms with van der Waals surface area (Å²) in [6.07, 6.45) is 2.81. The molecule has 0 bridgehead atoms. The summed E-state index contributed by atoms with van der Waals surface area (Å²) in [6, 6.07) is 21.1. The smallest absolute Gasteiger partial charge is 0.244 e. The van der Waals surface area contributed by atoms with Gasteiger partial charge in [-0.2, -0.15) is 0 Å². The summed E-state index contributed by atoms with van der Waals surface area (Å²) >= 11 is 3.41. The Kier molecular flexibility index (Phi) is 11.1. The number of unbranched alkanes of at least 4 members (excludes halogenated alkanes) is 1. The zero-order chi connectivity index (χ0) is 28.4. The van der Waals surface area contributed by atoms with E-state index in [1.54, 1.807) is 0 Å². The molecule has 10 heteroatoms. The maximum atomic E-state index is 14.7. The third kappa shape index (κ3) is 8.90. The lowest BCUT2D eigenvalue weighted by atomic mass is 10.0. The first-order valence-corrected chi connectivity index (χ1v) is 15.3. The van der Waals surface area contributed by atoms with Crippen molar-refractivity contribution >= 4 is 43.5 Å². The van der Waals surface area contributed by atoms with E-state index in [0.717, 1.165) is 45.1 Å². The van der Waals surface area contributed by atoms with Crippen molar-refractivity contribution < 1.29 is 22.4 Å². The first-order chi connectivity index (χ1) is 18.6. The van der Waals surface area contributed by atoms with Crippen LogP contribution in [0.25, 0.3) is 0 Å². The minimum absolute atomic E-state index is 0.0552. The second kappa shape index (κ2) is 14.2. The highest BCUT2D eigenvalue weighted by molar-refractivity contribution is 9.10. The highest BCUT2D eigenvalue weighted by atomic mass is 79.9. The Morgan fingerprint density at radius 1 is 0.949 bits per heavy atom. The molecule has 0 aliphatic carbocycles. The Balaban J connectivity index is 2.03. The van der Waals surface area contributed by atoms with E-state index in [9.17, 15) is 22.4 Å². The largest absolute Gasteiger partial charge is 0.354 e. The molecule has 0 fully saturated rings. The maximum Gasteiger partial charge on any atom is 0.244 e. The molecule has 3 aromatic rings. The minimum atomic E-state index is -4.03. The van der Waals surface area contributed by atoms with E-state index in [1.165, 1.54) is 23.1 Å². The summed E-state index contributed by atoms with van der Waals surface area (Å²) in [5, 5.41) is 2.93. The predicted octanol–water partition coefficient (Wildman–Crippen LogP) is 4.91. The van der Waals surface area contributed by atoms with Gasteiger partial charge in [-0.25, -0.2) is 12.8 Å². The minimum Gasteiger partial charge on any atom is -0.354 e. The van der Waals surface area contributed by atoms with E-state index in [-0.39, 0.29) is 24.6 Å². The molecule has 2 amide bonds. The van der Waals surface area contributed by atoms with E-state index in [2.05, 4.69) is 21.2 Å². The standard InChI is InChI=1S/C29H33BrFN3O4S/c1-3-4-18-32-29(36)27(19-22-10-6-5-7-11-22)33(20-23-14-16-24(30)17-15-23)28(35)21-34(39(2,37)38)26-13-9-8-12-25(26)31/h5-17,27H,3-4,18-21H2,1-2H3,(H,32,36)/t27-/m1/s1. The van der Waals surface area contributed by atoms with Crippen LogP contribution in [0.3, 0.4) is 0 Å². The van der Waals surface area contributed by atoms with Gasteiger partial charge in [-0.1, -0.05) is 83.9 Å². The fourth-order valence-corrected chi connectivity index (χ4v) is 5.21. The van der Waals surface area contributed by atoms with Gasteiger partial charge in [0.25, 0.3) is 0 Å². The van der Waals surface area contributed by atoms with Gasteiger partial charge < -0.3 is 10.2 Å². The summed E-state index contributed by atoms with van der Waals surface area (Å²) in [5.41, 5.74) is 1.36. The fourth-order valence-electron chi connectivity index (χ4n) is 4.10. The van der Waals surface area contributed by atoms with E-state index < -0.39 is 34.3 Å². The first kappa shape index (κ1) is 30.3. The molecule has 0 unspecified atom stereocenters. The highest BCUT2D eigenvalue weighted by Crippen LogP contribution is 2.23. The number of nitrogens with zero attached hydrogens (tertiary/aromatic N) is 2. The van der Waals surface area contributed by atoms with Gasteiger partial charge in [0.2, 0.25) is 21.8 Å². The molecule has 1 atom stereocenters. The van der Waals surface area contributed by atoms with Crippen LogP contribution in [-0.4, -0.2) is 50.5 Å². The number of sulfonamides is 1. The molecule has 0 saturated carbocycles. The number of anilines is 1. The number of halogens is 2. The van der Waals surface area contributed by atoms with Crippen molar-refractivity contribution in [1.82, 2.24) is 10.2 Å². The van der Waals surface area contributed by atoms with Crippen molar-refractivity contribution in [2.45, 2.75) is 38.8 Å². The SMILES string of the molecule is CCCCNC(=O)[C@@H](Cc1ccccc1)N(Cc1ccc(Br)cc1)C(=O)CN(c1ccccc1F)S(C)(=O)=O. The lowest BCUT2D eigenvalue weighted by molar-refractivity contribution is -0.140. The molecule has 0 spiro atoms. The molecule has 208 valence electrons. The number of carbonyl (C=O) groups is 2. The van der Waals surface area contributed by atoms with Crippen molar-refractivity contribution in [2.24, 2.45) is 0 Å². The van der Waals surface area contributed by atoms with Crippen molar-refractivity contribution in [3.8, 4) is 0 Å². The number of para-hydroxylation sites is 1. The summed E-state index contributed by atoms with van der Waals surface area (Å²) in [7, 11) is -4.03. The topological polar surface area (TPSA) is 86.8 Å². The van der Waals surface area contributed by atoms with Gasteiger partial charge in [0, 0.05) is 24.0 Å². The Hall–Kier alpha value is -3.24. The monoisotopic (exact) mass is 617 g/mol. The molecule has 3 rings (SSSR count). The summed E-state index contributed by atoms with van der Waals surface area (Å²) in [6.45, 7) is 1.86. The average molecular weight is 619 g/mol. The second-order valence-electron chi connectivity index (χ2n) is 9.22. The van der Waals surface area contributed by atoms with Crippen LogP contribution in [0.5, 0.6) is 0 Å². The number of rotatable bonds is 13. The zero-order valence-corrected chi connectivity index (χ0v) is 24.4. The molecule has 0 saturated heterocycles. The lowest BCUT2D eigenvalue weighted by Gasteiger charge is -2.33. The van der Waals surface area contributed by atoms with Gasteiger partial charge in [-0.3, -0.25) is 13.9 Å². The molecule has 39 heavy (non-hydrogen) atoms. The van der Waals surface area contributed by atoms with Crippen LogP contribution in [0.1, 0.15) is 30.9 Å². The maximum absolute atomic E-state index is 14.7. The van der Waals surface area contributed by atoms with Crippen molar-refractivity contribution in [3.05, 3.63) is 100 Å². The number of hydrogen-bond donors (Lipinski definition) is 1. The molecule has 0 aromatic heterocycles. The van der Waals surface area contributed by atoms with Gasteiger partial charge in [-0.05, 0) is 41.8 Å². The zero-order valence-electron chi connectivity index (χ0n) is 22.0. The first-order valence-electron chi connectivity index (χ1n) is 12.7. The Morgan fingerprint density at radius 3 is 2.21 bits per heavy atom.